The molecule has 1 aromatic heterocycles. The minimum Gasteiger partial charge on any atom is -0.481 e. The van der Waals surface area contributed by atoms with Crippen LogP contribution in [0, 0.1) is 5.92 Å². The highest BCUT2D eigenvalue weighted by molar-refractivity contribution is 7.20. The van der Waals surface area contributed by atoms with Crippen LogP contribution in [0.3, 0.4) is 0 Å². The molecule has 1 saturated heterocycles. The maximum absolute atomic E-state index is 12.7. The SMILES string of the molecule is C[C@@H]1[C@H](C(=O)O)CCCN1C(=O)c1cc2ccccc2s1. The lowest BCUT2D eigenvalue weighted by atomic mass is 9.90. The van der Waals surface area contributed by atoms with Crippen molar-refractivity contribution in [1.82, 2.24) is 4.90 Å². The molecule has 0 saturated carbocycles. The molecule has 2 heterocycles. The number of aliphatic carboxylic acids is 1. The summed E-state index contributed by atoms with van der Waals surface area (Å²) in [5, 5.41) is 10.3. The fourth-order valence-electron chi connectivity index (χ4n) is 2.99. The molecule has 2 aromatic rings. The molecule has 2 atom stereocenters. The van der Waals surface area contributed by atoms with Crippen molar-refractivity contribution in [3.05, 3.63) is 35.2 Å². The quantitative estimate of drug-likeness (QED) is 0.926. The van der Waals surface area contributed by atoms with Gasteiger partial charge in [-0.25, -0.2) is 0 Å². The second kappa shape index (κ2) is 5.48. The minimum atomic E-state index is -0.809. The minimum absolute atomic E-state index is 0.0466. The number of hydrogen-bond acceptors (Lipinski definition) is 3. The van der Waals surface area contributed by atoms with Gasteiger partial charge in [0, 0.05) is 17.3 Å². The summed E-state index contributed by atoms with van der Waals surface area (Å²) in [6.07, 6.45) is 1.39. The number of likely N-dealkylation sites (tertiary alicyclic amines) is 1. The average Bonchev–Trinajstić information content (AvgIpc) is 2.90. The van der Waals surface area contributed by atoms with Gasteiger partial charge in [0.15, 0.2) is 0 Å². The van der Waals surface area contributed by atoms with Crippen molar-refractivity contribution in [3.8, 4) is 0 Å². The largest absolute Gasteiger partial charge is 0.481 e. The van der Waals surface area contributed by atoms with Crippen LogP contribution in [-0.2, 0) is 4.79 Å². The van der Waals surface area contributed by atoms with Gasteiger partial charge in [0.05, 0.1) is 10.8 Å². The van der Waals surface area contributed by atoms with E-state index in [-0.39, 0.29) is 11.9 Å². The van der Waals surface area contributed by atoms with Gasteiger partial charge in [0.25, 0.3) is 5.91 Å². The molecule has 1 aliphatic heterocycles. The lowest BCUT2D eigenvalue weighted by molar-refractivity contribution is -0.144. The Labute approximate surface area is 127 Å². The maximum Gasteiger partial charge on any atom is 0.308 e. The van der Waals surface area contributed by atoms with E-state index in [2.05, 4.69) is 0 Å². The van der Waals surface area contributed by atoms with Crippen molar-refractivity contribution in [2.45, 2.75) is 25.8 Å². The molecule has 0 unspecified atom stereocenters. The second-order valence-corrected chi connectivity index (χ2v) is 6.56. The van der Waals surface area contributed by atoms with E-state index in [1.807, 2.05) is 37.3 Å². The topological polar surface area (TPSA) is 57.6 Å². The highest BCUT2D eigenvalue weighted by atomic mass is 32.1. The van der Waals surface area contributed by atoms with Gasteiger partial charge in [0.1, 0.15) is 0 Å². The first kappa shape index (κ1) is 14.1. The molecule has 0 spiro atoms. The first-order chi connectivity index (χ1) is 10.1. The first-order valence-corrected chi connectivity index (χ1v) is 7.92. The maximum atomic E-state index is 12.7. The fraction of sp³-hybridized carbons (Fsp3) is 0.375. The van der Waals surface area contributed by atoms with Crippen LogP contribution >= 0.6 is 11.3 Å². The van der Waals surface area contributed by atoms with E-state index in [1.54, 1.807) is 4.90 Å². The molecule has 1 aliphatic rings. The molecule has 21 heavy (non-hydrogen) atoms. The Kier molecular flexibility index (Phi) is 3.68. The molecular formula is C16H17NO3S. The van der Waals surface area contributed by atoms with E-state index in [0.717, 1.165) is 16.5 Å². The molecule has 0 radical (unpaired) electrons. The number of benzene rings is 1. The van der Waals surface area contributed by atoms with E-state index >= 15 is 0 Å². The molecule has 0 aliphatic carbocycles. The fourth-order valence-corrected chi connectivity index (χ4v) is 4.01. The molecule has 110 valence electrons. The molecule has 4 nitrogen and oxygen atoms in total. The summed E-state index contributed by atoms with van der Waals surface area (Å²) >= 11 is 1.47. The summed E-state index contributed by atoms with van der Waals surface area (Å²) < 4.78 is 1.08. The van der Waals surface area contributed by atoms with Crippen LogP contribution in [0.1, 0.15) is 29.4 Å². The lowest BCUT2D eigenvalue weighted by Crippen LogP contribution is -2.48. The number of carboxylic acids is 1. The van der Waals surface area contributed by atoms with Gasteiger partial charge in [-0.2, -0.15) is 0 Å². The molecule has 1 amide bonds. The predicted molar refractivity (Wildman–Crippen MR) is 82.7 cm³/mol. The van der Waals surface area contributed by atoms with Crippen LogP contribution in [-0.4, -0.2) is 34.5 Å². The monoisotopic (exact) mass is 303 g/mol. The normalized spacial score (nSPS) is 22.4. The third kappa shape index (κ3) is 2.53. The Morgan fingerprint density at radius 3 is 2.81 bits per heavy atom. The summed E-state index contributed by atoms with van der Waals surface area (Å²) in [5.41, 5.74) is 0. The van der Waals surface area contributed by atoms with Gasteiger partial charge >= 0.3 is 5.97 Å². The molecule has 1 N–H and O–H groups in total. The number of amides is 1. The number of piperidine rings is 1. The average molecular weight is 303 g/mol. The van der Waals surface area contributed by atoms with Crippen molar-refractivity contribution < 1.29 is 14.7 Å². The van der Waals surface area contributed by atoms with Crippen molar-refractivity contribution in [2.75, 3.05) is 6.54 Å². The van der Waals surface area contributed by atoms with E-state index in [4.69, 9.17) is 0 Å². The molecule has 1 fully saturated rings. The molecule has 1 aromatic carbocycles. The molecule has 3 rings (SSSR count). The van der Waals surface area contributed by atoms with Crippen LogP contribution in [0.25, 0.3) is 10.1 Å². The van der Waals surface area contributed by atoms with Crippen molar-refractivity contribution in [2.24, 2.45) is 5.92 Å². The number of carbonyl (C=O) groups excluding carboxylic acids is 1. The Morgan fingerprint density at radius 2 is 2.10 bits per heavy atom. The zero-order valence-corrected chi connectivity index (χ0v) is 12.6. The Hall–Kier alpha value is -1.88. The van der Waals surface area contributed by atoms with Crippen LogP contribution in [0.5, 0.6) is 0 Å². The number of thiophene rings is 1. The van der Waals surface area contributed by atoms with Crippen LogP contribution in [0.15, 0.2) is 30.3 Å². The number of carboxylic acid groups (broad SMARTS) is 1. The number of fused-ring (bicyclic) bond motifs is 1. The van der Waals surface area contributed by atoms with Crippen molar-refractivity contribution in [1.29, 1.82) is 0 Å². The zero-order chi connectivity index (χ0) is 15.0. The van der Waals surface area contributed by atoms with Gasteiger partial charge < -0.3 is 10.0 Å². The number of nitrogens with zero attached hydrogens (tertiary/aromatic N) is 1. The van der Waals surface area contributed by atoms with Crippen molar-refractivity contribution >= 4 is 33.3 Å². The third-order valence-corrected chi connectivity index (χ3v) is 5.31. The summed E-state index contributed by atoms with van der Waals surface area (Å²) in [6, 6.07) is 9.54. The van der Waals surface area contributed by atoms with Crippen LogP contribution in [0.4, 0.5) is 0 Å². The smallest absolute Gasteiger partial charge is 0.308 e. The van der Waals surface area contributed by atoms with Gasteiger partial charge in [0.2, 0.25) is 0 Å². The van der Waals surface area contributed by atoms with E-state index in [0.29, 0.717) is 17.8 Å². The van der Waals surface area contributed by atoms with Gasteiger partial charge in [-0.05, 0) is 37.3 Å². The van der Waals surface area contributed by atoms with E-state index in [9.17, 15) is 14.7 Å². The van der Waals surface area contributed by atoms with Gasteiger partial charge in [-0.3, -0.25) is 9.59 Å². The molecule has 0 bridgehead atoms. The first-order valence-electron chi connectivity index (χ1n) is 7.10. The zero-order valence-electron chi connectivity index (χ0n) is 11.8. The second-order valence-electron chi connectivity index (χ2n) is 5.47. The summed E-state index contributed by atoms with van der Waals surface area (Å²) in [5.74, 6) is -1.32. The molecule has 5 heteroatoms. The molecular weight excluding hydrogens is 286 g/mol. The van der Waals surface area contributed by atoms with E-state index in [1.165, 1.54) is 11.3 Å². The summed E-state index contributed by atoms with van der Waals surface area (Å²) in [4.78, 5) is 26.4. The number of carbonyl (C=O) groups is 2. The summed E-state index contributed by atoms with van der Waals surface area (Å²) in [6.45, 7) is 2.47. The Balaban J connectivity index is 1.88. The van der Waals surface area contributed by atoms with E-state index < -0.39 is 11.9 Å². The Morgan fingerprint density at radius 1 is 1.33 bits per heavy atom. The summed E-state index contributed by atoms with van der Waals surface area (Å²) in [7, 11) is 0. The predicted octanol–water partition coefficient (Wildman–Crippen LogP) is 3.23. The lowest BCUT2D eigenvalue weighted by Gasteiger charge is -2.37. The van der Waals surface area contributed by atoms with Gasteiger partial charge in [-0.15, -0.1) is 11.3 Å². The highest BCUT2D eigenvalue weighted by Gasteiger charge is 2.36. The van der Waals surface area contributed by atoms with Crippen LogP contribution in [0.2, 0.25) is 0 Å². The van der Waals surface area contributed by atoms with Crippen molar-refractivity contribution in [3.63, 3.8) is 0 Å². The Bertz CT molecular complexity index is 661. The van der Waals surface area contributed by atoms with Gasteiger partial charge in [-0.1, -0.05) is 18.2 Å². The number of rotatable bonds is 2. The van der Waals surface area contributed by atoms with Crippen LogP contribution < -0.4 is 0 Å². The standard InChI is InChI=1S/C16H17NO3S/c1-10-12(16(19)20)6-4-8-17(10)15(18)14-9-11-5-2-3-7-13(11)21-14/h2-3,5,7,9-10,12H,4,6,8H2,1H3,(H,19,20)/t10-,12-/m1/s1. The third-order valence-electron chi connectivity index (χ3n) is 4.20. The highest BCUT2D eigenvalue weighted by Crippen LogP contribution is 2.30. The number of hydrogen-bond donors (Lipinski definition) is 1.